The molecule has 0 saturated heterocycles. The SMILES string of the molecule is C1=CC2C(C=C1c1ccc3c(c1)c1ccccc1n3-c1ccccc1)c1cc(-c3ccc4c(c3)c3ccccc3n4-c3ccccc3)ccc1N2c1ccc2oc3ccccc3c2c1. The summed E-state index contributed by atoms with van der Waals surface area (Å²) in [6.07, 6.45) is 7.30. The minimum Gasteiger partial charge on any atom is -0.456 e. The summed E-state index contributed by atoms with van der Waals surface area (Å²) in [6.45, 7) is 0. The van der Waals surface area contributed by atoms with Gasteiger partial charge in [-0.15, -0.1) is 0 Å². The van der Waals surface area contributed by atoms with E-state index in [4.69, 9.17) is 4.42 Å². The van der Waals surface area contributed by atoms with Gasteiger partial charge in [0.1, 0.15) is 11.2 Å². The Balaban J connectivity index is 0.928. The Morgan fingerprint density at radius 3 is 1.62 bits per heavy atom. The number of fused-ring (bicyclic) bond motifs is 12. The second kappa shape index (κ2) is 13.6. The molecular weight excluding hydrogens is 779 g/mol. The fourth-order valence-corrected chi connectivity index (χ4v) is 11.0. The topological polar surface area (TPSA) is 26.2 Å². The van der Waals surface area contributed by atoms with Crippen molar-refractivity contribution in [1.29, 1.82) is 0 Å². The van der Waals surface area contributed by atoms with E-state index < -0.39 is 0 Å². The van der Waals surface area contributed by atoms with Crippen LogP contribution >= 0.6 is 0 Å². The molecule has 300 valence electrons. The van der Waals surface area contributed by atoms with E-state index >= 15 is 0 Å². The van der Waals surface area contributed by atoms with Gasteiger partial charge in [0.05, 0.1) is 28.1 Å². The Hall–Kier alpha value is -8.34. The summed E-state index contributed by atoms with van der Waals surface area (Å²) >= 11 is 0. The normalized spacial score (nSPS) is 15.8. The lowest BCUT2D eigenvalue weighted by Crippen LogP contribution is -2.28. The molecule has 4 heteroatoms. The van der Waals surface area contributed by atoms with Gasteiger partial charge in [-0.1, -0.05) is 127 Å². The van der Waals surface area contributed by atoms with E-state index in [0.717, 1.165) is 27.6 Å². The van der Waals surface area contributed by atoms with Crippen LogP contribution in [0.3, 0.4) is 0 Å². The molecular formula is C60H39N3O. The number of para-hydroxylation sites is 5. The van der Waals surface area contributed by atoms with E-state index in [-0.39, 0.29) is 12.0 Å². The monoisotopic (exact) mass is 817 g/mol. The van der Waals surface area contributed by atoms with Gasteiger partial charge in [-0.3, -0.25) is 0 Å². The fraction of sp³-hybridized carbons (Fsp3) is 0.0333. The molecule has 0 N–H and O–H groups in total. The number of allylic oxidation sites excluding steroid dienone is 2. The molecule has 4 nitrogen and oxygen atoms in total. The van der Waals surface area contributed by atoms with E-state index in [0.29, 0.717) is 0 Å². The third-order valence-electron chi connectivity index (χ3n) is 13.8. The Labute approximate surface area is 369 Å². The maximum absolute atomic E-state index is 6.30. The standard InChI is InChI=1S/C60H39N3O/c1-3-13-42(14-4-1)61-53-20-10-7-17-45(53)48-33-38(23-28-55(48)61)40-25-30-57-50(35-40)51-36-41(26-31-58(51)63(57)44-27-32-60-52(37-44)47-19-9-12-22-59(47)64-60)39-24-29-56-49(34-39)46-18-8-11-21-54(46)62(56)43-15-5-2-6-16-43/h1-37,50,57H. The number of furan rings is 1. The van der Waals surface area contributed by atoms with Crippen LogP contribution in [0, 0.1) is 0 Å². The zero-order chi connectivity index (χ0) is 41.9. The molecule has 2 unspecified atom stereocenters. The van der Waals surface area contributed by atoms with Crippen LogP contribution in [0.4, 0.5) is 11.4 Å². The van der Waals surface area contributed by atoms with Crippen molar-refractivity contribution in [2.24, 2.45) is 0 Å². The summed E-state index contributed by atoms with van der Waals surface area (Å²) in [7, 11) is 0. The van der Waals surface area contributed by atoms with E-state index in [1.54, 1.807) is 0 Å². The lowest BCUT2D eigenvalue weighted by molar-refractivity contribution is 0.669. The molecule has 0 bridgehead atoms. The van der Waals surface area contributed by atoms with Gasteiger partial charge in [-0.25, -0.2) is 0 Å². The molecule has 64 heavy (non-hydrogen) atoms. The van der Waals surface area contributed by atoms with Crippen LogP contribution in [0.1, 0.15) is 17.0 Å². The molecule has 2 aliphatic rings. The van der Waals surface area contributed by atoms with E-state index in [1.807, 2.05) is 6.07 Å². The lowest BCUT2D eigenvalue weighted by Gasteiger charge is -2.30. The Morgan fingerprint density at radius 2 is 0.922 bits per heavy atom. The number of anilines is 2. The molecule has 0 saturated carbocycles. The highest BCUT2D eigenvalue weighted by Gasteiger charge is 2.39. The number of aromatic nitrogens is 2. The van der Waals surface area contributed by atoms with Gasteiger partial charge in [-0.2, -0.15) is 0 Å². The second-order valence-electron chi connectivity index (χ2n) is 17.3. The minimum atomic E-state index is 0.0969. The van der Waals surface area contributed by atoms with Crippen molar-refractivity contribution in [3.63, 3.8) is 0 Å². The summed E-state index contributed by atoms with van der Waals surface area (Å²) in [5.41, 5.74) is 17.6. The Morgan fingerprint density at radius 1 is 0.375 bits per heavy atom. The van der Waals surface area contributed by atoms with Gasteiger partial charge in [-0.05, 0) is 125 Å². The molecule has 4 heterocycles. The maximum atomic E-state index is 6.30. The molecule has 1 aliphatic carbocycles. The van der Waals surface area contributed by atoms with Crippen LogP contribution < -0.4 is 4.90 Å². The molecule has 12 aromatic rings. The zero-order valence-corrected chi connectivity index (χ0v) is 34.8. The molecule has 9 aromatic carbocycles. The van der Waals surface area contributed by atoms with Crippen LogP contribution in [-0.2, 0) is 0 Å². The van der Waals surface area contributed by atoms with Crippen molar-refractivity contribution in [3.8, 4) is 22.5 Å². The smallest absolute Gasteiger partial charge is 0.135 e. The summed E-state index contributed by atoms with van der Waals surface area (Å²) in [5, 5.41) is 7.30. The second-order valence-corrected chi connectivity index (χ2v) is 17.3. The first-order valence-electron chi connectivity index (χ1n) is 22.2. The molecule has 0 radical (unpaired) electrons. The van der Waals surface area contributed by atoms with Gasteiger partial charge in [0.2, 0.25) is 0 Å². The predicted octanol–water partition coefficient (Wildman–Crippen LogP) is 15.7. The Bertz CT molecular complexity index is 3920. The minimum absolute atomic E-state index is 0.0969. The quantitative estimate of drug-likeness (QED) is 0.173. The van der Waals surface area contributed by atoms with Crippen molar-refractivity contribution >= 4 is 82.5 Å². The summed E-state index contributed by atoms with van der Waals surface area (Å²) < 4.78 is 11.1. The number of rotatable bonds is 5. The van der Waals surface area contributed by atoms with E-state index in [9.17, 15) is 0 Å². The lowest BCUT2D eigenvalue weighted by atomic mass is 9.85. The predicted molar refractivity (Wildman–Crippen MR) is 267 cm³/mol. The highest BCUT2D eigenvalue weighted by atomic mass is 16.3. The van der Waals surface area contributed by atoms with E-state index in [2.05, 4.69) is 232 Å². The number of nitrogens with zero attached hydrogens (tertiary/aromatic N) is 3. The van der Waals surface area contributed by atoms with Gasteiger partial charge in [0.15, 0.2) is 0 Å². The number of hydrogen-bond acceptors (Lipinski definition) is 2. The van der Waals surface area contributed by atoms with Gasteiger partial charge < -0.3 is 18.5 Å². The molecule has 3 aromatic heterocycles. The number of benzene rings is 9. The van der Waals surface area contributed by atoms with Crippen LogP contribution in [0.5, 0.6) is 0 Å². The summed E-state index contributed by atoms with van der Waals surface area (Å²) in [5.74, 6) is 0.122. The number of hydrogen-bond donors (Lipinski definition) is 0. The van der Waals surface area contributed by atoms with Crippen LogP contribution in [0.15, 0.2) is 229 Å². The first-order valence-corrected chi connectivity index (χ1v) is 22.2. The fourth-order valence-electron chi connectivity index (χ4n) is 11.0. The summed E-state index contributed by atoms with van der Waals surface area (Å²) in [6, 6.07) is 75.2. The van der Waals surface area contributed by atoms with Crippen molar-refractivity contribution < 1.29 is 4.42 Å². The zero-order valence-electron chi connectivity index (χ0n) is 34.8. The van der Waals surface area contributed by atoms with Gasteiger partial charge >= 0.3 is 0 Å². The molecule has 1 aliphatic heterocycles. The highest BCUT2D eigenvalue weighted by molar-refractivity contribution is 6.12. The average molecular weight is 818 g/mol. The first kappa shape index (κ1) is 35.3. The highest BCUT2D eigenvalue weighted by Crippen LogP contribution is 2.51. The average Bonchev–Trinajstić information content (AvgIpc) is 4.10. The van der Waals surface area contributed by atoms with Crippen LogP contribution in [0.25, 0.3) is 93.6 Å². The van der Waals surface area contributed by atoms with Crippen LogP contribution in [0.2, 0.25) is 0 Å². The molecule has 0 amide bonds. The van der Waals surface area contributed by atoms with Crippen LogP contribution in [-0.4, -0.2) is 15.2 Å². The molecule has 2 atom stereocenters. The largest absolute Gasteiger partial charge is 0.456 e. The third kappa shape index (κ3) is 5.17. The maximum Gasteiger partial charge on any atom is 0.135 e. The molecule has 0 fully saturated rings. The summed E-state index contributed by atoms with van der Waals surface area (Å²) in [4.78, 5) is 2.54. The third-order valence-corrected chi connectivity index (χ3v) is 13.8. The van der Waals surface area contributed by atoms with E-state index in [1.165, 1.54) is 88.5 Å². The van der Waals surface area contributed by atoms with Crippen molar-refractivity contribution in [2.75, 3.05) is 4.90 Å². The van der Waals surface area contributed by atoms with Gasteiger partial charge in [0, 0.05) is 61.0 Å². The van der Waals surface area contributed by atoms with Crippen molar-refractivity contribution in [3.05, 3.63) is 236 Å². The van der Waals surface area contributed by atoms with Crippen molar-refractivity contribution in [1.82, 2.24) is 9.13 Å². The molecule has 14 rings (SSSR count). The molecule has 0 spiro atoms. The van der Waals surface area contributed by atoms with Gasteiger partial charge in [0.25, 0.3) is 0 Å². The Kier molecular flexibility index (Phi) is 7.48. The van der Waals surface area contributed by atoms with Crippen molar-refractivity contribution in [2.45, 2.75) is 12.0 Å². The first-order chi connectivity index (χ1) is 31.7.